The van der Waals surface area contributed by atoms with E-state index in [1.54, 1.807) is 30.5 Å². The van der Waals surface area contributed by atoms with Gasteiger partial charge in [-0.25, -0.2) is 9.83 Å². The fourth-order valence-corrected chi connectivity index (χ4v) is 2.60. The van der Waals surface area contributed by atoms with E-state index in [4.69, 9.17) is 16.6 Å². The van der Waals surface area contributed by atoms with Crippen LogP contribution in [0.5, 0.6) is 11.5 Å². The van der Waals surface area contributed by atoms with Crippen LogP contribution in [0, 0.1) is 31.8 Å². The fraction of sp³-hybridized carbons (Fsp3) is 0.0952. The summed E-state index contributed by atoms with van der Waals surface area (Å²) in [5.41, 5.74) is 3.86. The highest BCUT2D eigenvalue weighted by atomic mass is 16.5. The number of nitrogens with zero attached hydrogens (tertiary/aromatic N) is 3. The highest BCUT2D eigenvalue weighted by Gasteiger charge is 2.09. The van der Waals surface area contributed by atoms with E-state index in [1.807, 2.05) is 38.1 Å². The Morgan fingerprint density at radius 1 is 1.08 bits per heavy atom. The van der Waals surface area contributed by atoms with Crippen molar-refractivity contribution in [1.82, 2.24) is 4.98 Å². The highest BCUT2D eigenvalue weighted by Crippen LogP contribution is 2.31. The van der Waals surface area contributed by atoms with Gasteiger partial charge in [-0.1, -0.05) is 12.1 Å². The number of nitrogens with one attached hydrogen (secondary N) is 1. The van der Waals surface area contributed by atoms with Gasteiger partial charge in [0.15, 0.2) is 5.69 Å². The smallest absolute Gasteiger partial charge is 0.187 e. The molecule has 1 heterocycles. The van der Waals surface area contributed by atoms with Crippen LogP contribution in [0.2, 0.25) is 0 Å². The summed E-state index contributed by atoms with van der Waals surface area (Å²) in [5.74, 6) is 2.03. The molecule has 5 heteroatoms. The molecule has 26 heavy (non-hydrogen) atoms. The van der Waals surface area contributed by atoms with Gasteiger partial charge in [0.1, 0.15) is 17.3 Å². The molecule has 0 saturated carbocycles. The van der Waals surface area contributed by atoms with Crippen molar-refractivity contribution in [2.75, 3.05) is 5.32 Å². The molecule has 0 bridgehead atoms. The Kier molecular flexibility index (Phi) is 4.83. The second kappa shape index (κ2) is 7.38. The standard InChI is InChI=1S/C21H16N4O/c1-14-10-16(13-22)11-15(2)21(14)26-19-8-9-24-20(12-19)25-18-6-4-17(23-3)5-7-18/h4-12H,1-2H3,(H,24,25). The maximum Gasteiger partial charge on any atom is 0.187 e. The van der Waals surface area contributed by atoms with Gasteiger partial charge in [0.25, 0.3) is 0 Å². The van der Waals surface area contributed by atoms with E-state index in [0.29, 0.717) is 22.8 Å². The zero-order chi connectivity index (χ0) is 18.5. The minimum atomic E-state index is 0.590. The first-order valence-electron chi connectivity index (χ1n) is 7.99. The summed E-state index contributed by atoms with van der Waals surface area (Å²) in [5, 5.41) is 12.2. The number of hydrogen-bond donors (Lipinski definition) is 1. The molecule has 1 aromatic heterocycles. The van der Waals surface area contributed by atoms with Gasteiger partial charge in [-0.3, -0.25) is 0 Å². The number of ether oxygens (including phenoxy) is 1. The zero-order valence-electron chi connectivity index (χ0n) is 14.4. The third-order valence-electron chi connectivity index (χ3n) is 3.81. The van der Waals surface area contributed by atoms with Crippen molar-refractivity contribution < 1.29 is 4.74 Å². The first-order chi connectivity index (χ1) is 12.6. The third kappa shape index (κ3) is 3.80. The third-order valence-corrected chi connectivity index (χ3v) is 3.81. The lowest BCUT2D eigenvalue weighted by Crippen LogP contribution is -1.96. The van der Waals surface area contributed by atoms with Crippen molar-refractivity contribution in [3.63, 3.8) is 0 Å². The predicted octanol–water partition coefficient (Wildman–Crippen LogP) is 5.66. The minimum absolute atomic E-state index is 0.590. The number of rotatable bonds is 4. The topological polar surface area (TPSA) is 62.3 Å². The van der Waals surface area contributed by atoms with E-state index < -0.39 is 0 Å². The molecule has 0 aliphatic carbocycles. The van der Waals surface area contributed by atoms with Gasteiger partial charge in [-0.05, 0) is 55.3 Å². The minimum Gasteiger partial charge on any atom is -0.457 e. The lowest BCUT2D eigenvalue weighted by Gasteiger charge is -2.13. The lowest BCUT2D eigenvalue weighted by molar-refractivity contribution is 0.474. The molecule has 3 rings (SSSR count). The van der Waals surface area contributed by atoms with Gasteiger partial charge in [0, 0.05) is 18.0 Å². The van der Waals surface area contributed by atoms with Crippen LogP contribution in [0.3, 0.4) is 0 Å². The van der Waals surface area contributed by atoms with Crippen LogP contribution in [0.15, 0.2) is 54.7 Å². The molecule has 0 spiro atoms. The summed E-state index contributed by atoms with van der Waals surface area (Å²) in [7, 11) is 0. The SMILES string of the molecule is [C-]#[N+]c1ccc(Nc2cc(Oc3c(C)cc(C#N)cc3C)ccn2)cc1. The Morgan fingerprint density at radius 3 is 2.38 bits per heavy atom. The van der Waals surface area contributed by atoms with Gasteiger partial charge in [0.2, 0.25) is 0 Å². The van der Waals surface area contributed by atoms with Crippen LogP contribution < -0.4 is 10.1 Å². The average molecular weight is 340 g/mol. The van der Waals surface area contributed by atoms with Crippen LogP contribution in [0.25, 0.3) is 4.85 Å². The molecule has 0 fully saturated rings. The summed E-state index contributed by atoms with van der Waals surface area (Å²) in [6, 6.07) is 16.5. The lowest BCUT2D eigenvalue weighted by atomic mass is 10.1. The monoisotopic (exact) mass is 340 g/mol. The van der Waals surface area contributed by atoms with Crippen molar-refractivity contribution in [2.24, 2.45) is 0 Å². The number of aromatic nitrogens is 1. The molecule has 1 N–H and O–H groups in total. The number of benzene rings is 2. The first-order valence-corrected chi connectivity index (χ1v) is 7.99. The molecule has 0 aliphatic rings. The van der Waals surface area contributed by atoms with E-state index in [1.165, 1.54) is 0 Å². The van der Waals surface area contributed by atoms with Crippen LogP contribution in [0.1, 0.15) is 16.7 Å². The maximum absolute atomic E-state index is 9.05. The van der Waals surface area contributed by atoms with Crippen LogP contribution >= 0.6 is 0 Å². The highest BCUT2D eigenvalue weighted by molar-refractivity contribution is 5.61. The molecule has 0 unspecified atom stereocenters. The zero-order valence-corrected chi connectivity index (χ0v) is 14.4. The first kappa shape index (κ1) is 17.0. The molecular weight excluding hydrogens is 324 g/mol. The Morgan fingerprint density at radius 2 is 1.77 bits per heavy atom. The van der Waals surface area contributed by atoms with Crippen molar-refractivity contribution >= 4 is 17.2 Å². The van der Waals surface area contributed by atoms with E-state index in [9.17, 15) is 0 Å². The molecule has 0 atom stereocenters. The Bertz CT molecular complexity index is 1000. The van der Waals surface area contributed by atoms with Gasteiger partial charge in [-0.15, -0.1) is 0 Å². The van der Waals surface area contributed by atoms with Crippen molar-refractivity contribution in [1.29, 1.82) is 5.26 Å². The summed E-state index contributed by atoms with van der Waals surface area (Å²) in [4.78, 5) is 7.67. The van der Waals surface area contributed by atoms with Crippen LogP contribution in [0.4, 0.5) is 17.2 Å². The molecule has 0 radical (unpaired) electrons. The summed E-state index contributed by atoms with van der Waals surface area (Å²) in [6.45, 7) is 10.8. The second-order valence-electron chi connectivity index (χ2n) is 5.81. The van der Waals surface area contributed by atoms with Gasteiger partial charge in [-0.2, -0.15) is 5.26 Å². The molecular formula is C21H16N4O. The predicted molar refractivity (Wildman–Crippen MR) is 101 cm³/mol. The van der Waals surface area contributed by atoms with Crippen molar-refractivity contribution in [2.45, 2.75) is 13.8 Å². The number of pyridine rings is 1. The van der Waals surface area contributed by atoms with Gasteiger partial charge >= 0.3 is 0 Å². The second-order valence-corrected chi connectivity index (χ2v) is 5.81. The molecule has 126 valence electrons. The molecule has 5 nitrogen and oxygen atoms in total. The number of anilines is 2. The Labute approximate surface area is 152 Å². The summed E-state index contributed by atoms with van der Waals surface area (Å²) in [6.07, 6.45) is 1.67. The summed E-state index contributed by atoms with van der Waals surface area (Å²) >= 11 is 0. The van der Waals surface area contributed by atoms with Gasteiger partial charge < -0.3 is 10.1 Å². The van der Waals surface area contributed by atoms with E-state index in [2.05, 4.69) is 21.2 Å². The van der Waals surface area contributed by atoms with Crippen LogP contribution in [-0.2, 0) is 0 Å². The van der Waals surface area contributed by atoms with E-state index in [-0.39, 0.29) is 0 Å². The quantitative estimate of drug-likeness (QED) is 0.623. The number of nitriles is 1. The normalized spacial score (nSPS) is 9.85. The maximum atomic E-state index is 9.05. The van der Waals surface area contributed by atoms with Crippen molar-refractivity contribution in [3.8, 4) is 17.6 Å². The molecule has 0 amide bonds. The largest absolute Gasteiger partial charge is 0.457 e. The molecule has 3 aromatic rings. The van der Waals surface area contributed by atoms with E-state index >= 15 is 0 Å². The molecule has 0 saturated heterocycles. The summed E-state index contributed by atoms with van der Waals surface area (Å²) < 4.78 is 6.03. The Hall–Kier alpha value is -3.83. The van der Waals surface area contributed by atoms with Crippen LogP contribution in [-0.4, -0.2) is 4.98 Å². The average Bonchev–Trinajstić information content (AvgIpc) is 2.65. The number of hydrogen-bond acceptors (Lipinski definition) is 4. The Balaban J connectivity index is 1.82. The molecule has 2 aromatic carbocycles. The molecule has 0 aliphatic heterocycles. The van der Waals surface area contributed by atoms with Gasteiger partial charge in [0.05, 0.1) is 18.2 Å². The van der Waals surface area contributed by atoms with E-state index in [0.717, 1.165) is 22.6 Å². The fourth-order valence-electron chi connectivity index (χ4n) is 2.60. The number of aryl methyl sites for hydroxylation is 2. The van der Waals surface area contributed by atoms with Crippen molar-refractivity contribution in [3.05, 3.63) is 82.8 Å².